The SMILES string of the molecule is COc1ccc(C(=O)NCC(C)CO)c(OC)c1OC. The number of aliphatic hydroxyl groups excluding tert-OH is 1. The van der Waals surface area contributed by atoms with Crippen LogP contribution in [0.3, 0.4) is 0 Å². The first-order chi connectivity index (χ1) is 9.58. The molecule has 2 N–H and O–H groups in total. The molecule has 0 heterocycles. The largest absolute Gasteiger partial charge is 0.493 e. The summed E-state index contributed by atoms with van der Waals surface area (Å²) < 4.78 is 15.6. The number of ether oxygens (including phenoxy) is 3. The van der Waals surface area contributed by atoms with Crippen LogP contribution >= 0.6 is 0 Å². The van der Waals surface area contributed by atoms with E-state index in [-0.39, 0.29) is 18.4 Å². The van der Waals surface area contributed by atoms with E-state index in [1.54, 1.807) is 12.1 Å². The summed E-state index contributed by atoms with van der Waals surface area (Å²) in [4.78, 5) is 12.1. The molecular formula is C14H21NO5. The number of carbonyl (C=O) groups excluding carboxylic acids is 1. The number of hydrogen-bond acceptors (Lipinski definition) is 5. The van der Waals surface area contributed by atoms with Crippen molar-refractivity contribution in [1.82, 2.24) is 5.32 Å². The number of carbonyl (C=O) groups is 1. The van der Waals surface area contributed by atoms with Crippen molar-refractivity contribution in [3.05, 3.63) is 17.7 Å². The van der Waals surface area contributed by atoms with Crippen molar-refractivity contribution >= 4 is 5.91 Å². The Kier molecular flexibility index (Phi) is 6.11. The van der Waals surface area contributed by atoms with Gasteiger partial charge in [0.2, 0.25) is 5.75 Å². The third-order valence-electron chi connectivity index (χ3n) is 2.87. The molecule has 1 unspecified atom stereocenters. The van der Waals surface area contributed by atoms with Gasteiger partial charge in [-0.05, 0) is 18.1 Å². The van der Waals surface area contributed by atoms with Gasteiger partial charge in [0, 0.05) is 13.2 Å². The zero-order chi connectivity index (χ0) is 15.1. The van der Waals surface area contributed by atoms with Gasteiger partial charge in [-0.3, -0.25) is 4.79 Å². The van der Waals surface area contributed by atoms with Crippen LogP contribution in [0.5, 0.6) is 17.2 Å². The molecule has 6 nitrogen and oxygen atoms in total. The zero-order valence-electron chi connectivity index (χ0n) is 12.2. The molecule has 1 rings (SSSR count). The summed E-state index contributed by atoms with van der Waals surface area (Å²) in [6, 6.07) is 3.25. The second kappa shape index (κ2) is 7.59. The van der Waals surface area contributed by atoms with E-state index < -0.39 is 0 Å². The van der Waals surface area contributed by atoms with Gasteiger partial charge in [0.25, 0.3) is 5.91 Å². The molecule has 0 spiro atoms. The van der Waals surface area contributed by atoms with E-state index in [4.69, 9.17) is 19.3 Å². The Morgan fingerprint density at radius 3 is 2.35 bits per heavy atom. The molecule has 6 heteroatoms. The predicted octanol–water partition coefficient (Wildman–Crippen LogP) is 1.07. The number of rotatable bonds is 7. The van der Waals surface area contributed by atoms with E-state index in [0.29, 0.717) is 29.4 Å². The molecular weight excluding hydrogens is 262 g/mol. The van der Waals surface area contributed by atoms with E-state index >= 15 is 0 Å². The number of benzene rings is 1. The maximum atomic E-state index is 12.1. The molecule has 0 bridgehead atoms. The van der Waals surface area contributed by atoms with Gasteiger partial charge in [0.1, 0.15) is 0 Å². The van der Waals surface area contributed by atoms with Crippen LogP contribution in [0.2, 0.25) is 0 Å². The van der Waals surface area contributed by atoms with E-state index in [2.05, 4.69) is 5.32 Å². The minimum absolute atomic E-state index is 0.00918. The first-order valence-electron chi connectivity index (χ1n) is 6.27. The van der Waals surface area contributed by atoms with Crippen molar-refractivity contribution in [3.63, 3.8) is 0 Å². The molecule has 1 aromatic rings. The Morgan fingerprint density at radius 2 is 1.85 bits per heavy atom. The maximum absolute atomic E-state index is 12.1. The summed E-state index contributed by atoms with van der Waals surface area (Å²) >= 11 is 0. The third-order valence-corrected chi connectivity index (χ3v) is 2.87. The summed E-state index contributed by atoms with van der Waals surface area (Å²) in [5.74, 6) is 0.886. The van der Waals surface area contributed by atoms with Crippen molar-refractivity contribution < 1.29 is 24.1 Å². The van der Waals surface area contributed by atoms with Crippen LogP contribution in [0.25, 0.3) is 0 Å². The van der Waals surface area contributed by atoms with Crippen molar-refractivity contribution in [2.45, 2.75) is 6.92 Å². The van der Waals surface area contributed by atoms with Crippen LogP contribution in [0.1, 0.15) is 17.3 Å². The monoisotopic (exact) mass is 283 g/mol. The highest BCUT2D eigenvalue weighted by Crippen LogP contribution is 2.39. The molecule has 0 fully saturated rings. The molecule has 1 aromatic carbocycles. The smallest absolute Gasteiger partial charge is 0.255 e. The van der Waals surface area contributed by atoms with Crippen LogP contribution in [0.15, 0.2) is 12.1 Å². The quantitative estimate of drug-likeness (QED) is 0.783. The standard InChI is InChI=1S/C14H21NO5/c1-9(8-16)7-15-14(17)10-5-6-11(18-2)13(20-4)12(10)19-3/h5-6,9,16H,7-8H2,1-4H3,(H,15,17). The van der Waals surface area contributed by atoms with E-state index in [1.807, 2.05) is 6.92 Å². The molecule has 0 radical (unpaired) electrons. The molecule has 0 saturated carbocycles. The van der Waals surface area contributed by atoms with Crippen molar-refractivity contribution in [2.24, 2.45) is 5.92 Å². The normalized spacial score (nSPS) is 11.7. The van der Waals surface area contributed by atoms with Crippen LogP contribution in [0.4, 0.5) is 0 Å². The van der Waals surface area contributed by atoms with Gasteiger partial charge in [0.05, 0.1) is 26.9 Å². The first-order valence-corrected chi connectivity index (χ1v) is 6.27. The van der Waals surface area contributed by atoms with Gasteiger partial charge in [-0.15, -0.1) is 0 Å². The summed E-state index contributed by atoms with van der Waals surface area (Å²) in [5, 5.41) is 11.7. The number of nitrogens with one attached hydrogen (secondary N) is 1. The van der Waals surface area contributed by atoms with Crippen LogP contribution < -0.4 is 19.5 Å². The molecule has 0 aliphatic heterocycles. The van der Waals surface area contributed by atoms with Gasteiger partial charge >= 0.3 is 0 Å². The van der Waals surface area contributed by atoms with E-state index in [0.717, 1.165) is 0 Å². The Labute approximate surface area is 118 Å². The topological polar surface area (TPSA) is 77.0 Å². The molecule has 1 amide bonds. The summed E-state index contributed by atoms with van der Waals surface area (Å²) in [5.41, 5.74) is 0.357. The summed E-state index contributed by atoms with van der Waals surface area (Å²) in [6.07, 6.45) is 0. The van der Waals surface area contributed by atoms with Gasteiger partial charge in [-0.25, -0.2) is 0 Å². The predicted molar refractivity (Wildman–Crippen MR) is 74.7 cm³/mol. The average molecular weight is 283 g/mol. The highest BCUT2D eigenvalue weighted by molar-refractivity contribution is 5.98. The minimum Gasteiger partial charge on any atom is -0.493 e. The van der Waals surface area contributed by atoms with Gasteiger partial charge < -0.3 is 24.6 Å². The van der Waals surface area contributed by atoms with Crippen molar-refractivity contribution in [2.75, 3.05) is 34.5 Å². The fourth-order valence-corrected chi connectivity index (χ4v) is 1.71. The number of amides is 1. The molecule has 20 heavy (non-hydrogen) atoms. The molecule has 112 valence electrons. The summed E-state index contributed by atoms with van der Waals surface area (Å²) in [6.45, 7) is 2.24. The van der Waals surface area contributed by atoms with Crippen LogP contribution in [-0.2, 0) is 0 Å². The fraction of sp³-hybridized carbons (Fsp3) is 0.500. The minimum atomic E-state index is -0.289. The molecule has 0 aliphatic carbocycles. The molecule has 0 aromatic heterocycles. The van der Waals surface area contributed by atoms with Gasteiger partial charge in [-0.2, -0.15) is 0 Å². The van der Waals surface area contributed by atoms with Crippen molar-refractivity contribution in [3.8, 4) is 17.2 Å². The van der Waals surface area contributed by atoms with Crippen molar-refractivity contribution in [1.29, 1.82) is 0 Å². The Bertz CT molecular complexity index is 461. The third kappa shape index (κ3) is 3.54. The highest BCUT2D eigenvalue weighted by atomic mass is 16.5. The Morgan fingerprint density at radius 1 is 1.20 bits per heavy atom. The van der Waals surface area contributed by atoms with E-state index in [1.165, 1.54) is 21.3 Å². The molecule has 0 aliphatic rings. The summed E-state index contributed by atoms with van der Waals surface area (Å²) in [7, 11) is 4.46. The first kappa shape index (κ1) is 16.1. The van der Waals surface area contributed by atoms with E-state index in [9.17, 15) is 4.79 Å². The maximum Gasteiger partial charge on any atom is 0.255 e. The Hall–Kier alpha value is -1.95. The zero-order valence-corrected chi connectivity index (χ0v) is 12.2. The number of hydrogen-bond donors (Lipinski definition) is 2. The van der Waals surface area contributed by atoms with Gasteiger partial charge in [0.15, 0.2) is 11.5 Å². The lowest BCUT2D eigenvalue weighted by Crippen LogP contribution is -2.29. The lowest BCUT2D eigenvalue weighted by atomic mass is 10.1. The van der Waals surface area contributed by atoms with Crippen LogP contribution in [-0.4, -0.2) is 45.5 Å². The fourth-order valence-electron chi connectivity index (χ4n) is 1.71. The number of aliphatic hydroxyl groups is 1. The highest BCUT2D eigenvalue weighted by Gasteiger charge is 2.20. The van der Waals surface area contributed by atoms with Gasteiger partial charge in [-0.1, -0.05) is 6.92 Å². The average Bonchev–Trinajstić information content (AvgIpc) is 2.50. The Balaban J connectivity index is 3.02. The molecule has 0 saturated heterocycles. The molecule has 1 atom stereocenters. The number of methoxy groups -OCH3 is 3. The van der Waals surface area contributed by atoms with Crippen LogP contribution in [0, 0.1) is 5.92 Å². The second-order valence-corrected chi connectivity index (χ2v) is 4.38. The lowest BCUT2D eigenvalue weighted by molar-refractivity contribution is 0.0938. The lowest BCUT2D eigenvalue weighted by Gasteiger charge is -2.16. The second-order valence-electron chi connectivity index (χ2n) is 4.38.